The van der Waals surface area contributed by atoms with Crippen LogP contribution in [0.1, 0.15) is 72.6 Å². The molecule has 0 nitrogen and oxygen atoms in total. The maximum absolute atomic E-state index is 2.41. The van der Waals surface area contributed by atoms with Crippen molar-refractivity contribution >= 4 is 0 Å². The molecule has 0 saturated heterocycles. The van der Waals surface area contributed by atoms with Crippen LogP contribution in [0.15, 0.2) is 0 Å². The Morgan fingerprint density at radius 3 is 1.92 bits per heavy atom. The van der Waals surface area contributed by atoms with Crippen molar-refractivity contribution in [2.45, 2.75) is 72.6 Å². The number of hydrogen-bond acceptors (Lipinski definition) is 0. The number of hydrogen-bond donors (Lipinski definition) is 0. The molecule has 0 aliphatic heterocycles. The summed E-state index contributed by atoms with van der Waals surface area (Å²) in [5, 5.41) is 0. The smallest absolute Gasteiger partial charge is 0.0417 e. The summed E-state index contributed by atoms with van der Waals surface area (Å²) in [6.07, 6.45) is 9.93. The third-order valence-corrected chi connectivity index (χ3v) is 3.38. The Bertz CT molecular complexity index is 96.2. The lowest BCUT2D eigenvalue weighted by Crippen LogP contribution is -2.06. The molecule has 0 spiro atoms. The Balaban J connectivity index is 3.21. The molecule has 0 aliphatic carbocycles. The van der Waals surface area contributed by atoms with E-state index >= 15 is 0 Å². The lowest BCUT2D eigenvalue weighted by atomic mass is 9.89. The predicted octanol–water partition coefficient (Wildman–Crippen LogP) is 5.03. The summed E-state index contributed by atoms with van der Waals surface area (Å²) in [5.74, 6) is 1.86. The van der Waals surface area contributed by atoms with E-state index in [0.29, 0.717) is 0 Å². The monoisotopic (exact) mass is 184 g/mol. The van der Waals surface area contributed by atoms with Crippen molar-refractivity contribution in [3.8, 4) is 0 Å². The summed E-state index contributed by atoms with van der Waals surface area (Å²) in [5.41, 5.74) is 0. The van der Waals surface area contributed by atoms with Crippen LogP contribution in [-0.2, 0) is 0 Å². The molecular formula is C13H28. The molecule has 0 aromatic rings. The minimum atomic E-state index is 0.922. The first-order valence-electron chi connectivity index (χ1n) is 6.22. The molecule has 0 rings (SSSR count). The Kier molecular flexibility index (Phi) is 8.59. The van der Waals surface area contributed by atoms with Gasteiger partial charge in [0.25, 0.3) is 0 Å². The summed E-state index contributed by atoms with van der Waals surface area (Å²) in [6, 6.07) is 0. The Labute approximate surface area is 85.1 Å². The highest BCUT2D eigenvalue weighted by atomic mass is 14.1. The second kappa shape index (κ2) is 8.59. The van der Waals surface area contributed by atoms with E-state index in [1.54, 1.807) is 0 Å². The van der Waals surface area contributed by atoms with Gasteiger partial charge in [-0.25, -0.2) is 0 Å². The predicted molar refractivity (Wildman–Crippen MR) is 62.0 cm³/mol. The second-order valence-electron chi connectivity index (χ2n) is 4.57. The van der Waals surface area contributed by atoms with Crippen molar-refractivity contribution in [3.05, 3.63) is 0 Å². The van der Waals surface area contributed by atoms with Gasteiger partial charge >= 0.3 is 0 Å². The fraction of sp³-hybridized carbons (Fsp3) is 1.00. The van der Waals surface area contributed by atoms with Crippen LogP contribution in [0.3, 0.4) is 0 Å². The molecule has 0 N–H and O–H groups in total. The van der Waals surface area contributed by atoms with Crippen LogP contribution in [-0.4, -0.2) is 0 Å². The van der Waals surface area contributed by atoms with Crippen LogP contribution in [0, 0.1) is 11.8 Å². The highest BCUT2D eigenvalue weighted by Gasteiger charge is 2.08. The molecular weight excluding hydrogens is 156 g/mol. The topological polar surface area (TPSA) is 0 Å². The minimum absolute atomic E-state index is 0.922. The van der Waals surface area contributed by atoms with E-state index in [0.717, 1.165) is 11.8 Å². The summed E-state index contributed by atoms with van der Waals surface area (Å²) in [4.78, 5) is 0. The highest BCUT2D eigenvalue weighted by Crippen LogP contribution is 2.21. The van der Waals surface area contributed by atoms with Gasteiger partial charge in [-0.1, -0.05) is 72.6 Å². The van der Waals surface area contributed by atoms with E-state index in [4.69, 9.17) is 0 Å². The summed E-state index contributed by atoms with van der Waals surface area (Å²) < 4.78 is 0. The molecule has 0 fully saturated rings. The lowest BCUT2D eigenvalue weighted by molar-refractivity contribution is 0.342. The van der Waals surface area contributed by atoms with E-state index in [-0.39, 0.29) is 0 Å². The summed E-state index contributed by atoms with van der Waals surface area (Å²) in [6.45, 7) is 9.38. The van der Waals surface area contributed by atoms with Gasteiger partial charge < -0.3 is 0 Å². The van der Waals surface area contributed by atoms with Gasteiger partial charge in [0.1, 0.15) is 0 Å². The first kappa shape index (κ1) is 13.0. The maximum atomic E-state index is 2.41. The minimum Gasteiger partial charge on any atom is -0.0654 e. The van der Waals surface area contributed by atoms with E-state index in [2.05, 4.69) is 27.7 Å². The zero-order chi connectivity index (χ0) is 10.1. The largest absolute Gasteiger partial charge is 0.0654 e. The van der Waals surface area contributed by atoms with Crippen LogP contribution in [0.5, 0.6) is 0 Å². The molecule has 0 aliphatic rings. The van der Waals surface area contributed by atoms with Gasteiger partial charge in [0.05, 0.1) is 0 Å². The standard InChI is InChI=1S/C13H28/c1-5-7-8-9-10-11-13(4)12(3)6-2/h12-13H,5-11H2,1-4H3. The number of rotatable bonds is 8. The molecule has 2 atom stereocenters. The fourth-order valence-electron chi connectivity index (χ4n) is 1.76. The quantitative estimate of drug-likeness (QED) is 0.464. The molecule has 0 amide bonds. The van der Waals surface area contributed by atoms with Crippen molar-refractivity contribution in [2.75, 3.05) is 0 Å². The Morgan fingerprint density at radius 1 is 0.769 bits per heavy atom. The highest BCUT2D eigenvalue weighted by molar-refractivity contribution is 4.60. The SMILES string of the molecule is CCCCCCCC(C)C(C)CC. The molecule has 0 radical (unpaired) electrons. The van der Waals surface area contributed by atoms with E-state index in [1.807, 2.05) is 0 Å². The third-order valence-electron chi connectivity index (χ3n) is 3.38. The average molecular weight is 184 g/mol. The van der Waals surface area contributed by atoms with Crippen LogP contribution < -0.4 is 0 Å². The van der Waals surface area contributed by atoms with Crippen molar-refractivity contribution < 1.29 is 0 Å². The van der Waals surface area contributed by atoms with E-state index in [1.165, 1.54) is 44.9 Å². The van der Waals surface area contributed by atoms with Crippen molar-refractivity contribution in [1.82, 2.24) is 0 Å². The zero-order valence-corrected chi connectivity index (χ0v) is 10.1. The molecule has 0 bridgehead atoms. The van der Waals surface area contributed by atoms with Gasteiger partial charge in [-0.3, -0.25) is 0 Å². The summed E-state index contributed by atoms with van der Waals surface area (Å²) in [7, 11) is 0. The van der Waals surface area contributed by atoms with E-state index in [9.17, 15) is 0 Å². The van der Waals surface area contributed by atoms with Crippen molar-refractivity contribution in [2.24, 2.45) is 11.8 Å². The van der Waals surface area contributed by atoms with Gasteiger partial charge in [0, 0.05) is 0 Å². The van der Waals surface area contributed by atoms with Crippen LogP contribution >= 0.6 is 0 Å². The third kappa shape index (κ3) is 7.10. The van der Waals surface area contributed by atoms with Gasteiger partial charge in [-0.05, 0) is 11.8 Å². The van der Waals surface area contributed by atoms with Crippen LogP contribution in [0.4, 0.5) is 0 Å². The molecule has 13 heavy (non-hydrogen) atoms. The molecule has 0 saturated carbocycles. The lowest BCUT2D eigenvalue weighted by Gasteiger charge is -2.17. The molecule has 0 aromatic carbocycles. The second-order valence-corrected chi connectivity index (χ2v) is 4.57. The Morgan fingerprint density at radius 2 is 1.38 bits per heavy atom. The molecule has 0 heterocycles. The molecule has 2 unspecified atom stereocenters. The van der Waals surface area contributed by atoms with Gasteiger partial charge in [-0.2, -0.15) is 0 Å². The van der Waals surface area contributed by atoms with Crippen molar-refractivity contribution in [3.63, 3.8) is 0 Å². The first-order valence-corrected chi connectivity index (χ1v) is 6.22. The summed E-state index contributed by atoms with van der Waals surface area (Å²) >= 11 is 0. The normalized spacial score (nSPS) is 15.7. The molecule has 0 heteroatoms. The van der Waals surface area contributed by atoms with E-state index < -0.39 is 0 Å². The van der Waals surface area contributed by atoms with Crippen LogP contribution in [0.25, 0.3) is 0 Å². The Hall–Kier alpha value is 0. The van der Waals surface area contributed by atoms with Gasteiger partial charge in [0.2, 0.25) is 0 Å². The molecule has 0 aromatic heterocycles. The van der Waals surface area contributed by atoms with Gasteiger partial charge in [-0.15, -0.1) is 0 Å². The van der Waals surface area contributed by atoms with Gasteiger partial charge in [0.15, 0.2) is 0 Å². The average Bonchev–Trinajstić information content (AvgIpc) is 2.16. The zero-order valence-electron chi connectivity index (χ0n) is 10.1. The van der Waals surface area contributed by atoms with Crippen LogP contribution in [0.2, 0.25) is 0 Å². The fourth-order valence-corrected chi connectivity index (χ4v) is 1.76. The molecule has 80 valence electrons. The first-order chi connectivity index (χ1) is 6.22. The number of unbranched alkanes of at least 4 members (excludes halogenated alkanes) is 4. The maximum Gasteiger partial charge on any atom is -0.0417 e. The van der Waals surface area contributed by atoms with Crippen molar-refractivity contribution in [1.29, 1.82) is 0 Å².